The summed E-state index contributed by atoms with van der Waals surface area (Å²) in [5.41, 5.74) is 1.30. The number of carbonyl (C=O) groups is 1. The summed E-state index contributed by atoms with van der Waals surface area (Å²) in [7, 11) is 0. The molecule has 2 aliphatic rings. The van der Waals surface area contributed by atoms with Crippen molar-refractivity contribution in [3.05, 3.63) is 35.9 Å². The average Bonchev–Trinajstić information content (AvgIpc) is 2.44. The quantitative estimate of drug-likeness (QED) is 0.820. The lowest BCUT2D eigenvalue weighted by molar-refractivity contribution is -0.138. The summed E-state index contributed by atoms with van der Waals surface area (Å²) >= 11 is 0. The summed E-state index contributed by atoms with van der Waals surface area (Å²) in [6.45, 7) is 7.68. The Bertz CT molecular complexity index is 479. The van der Waals surface area contributed by atoms with Crippen LogP contribution in [0.2, 0.25) is 0 Å². The molecule has 1 saturated heterocycles. The third-order valence-corrected chi connectivity index (χ3v) is 5.45. The Hall–Kier alpha value is -1.15. The highest BCUT2D eigenvalue weighted by Crippen LogP contribution is 2.45. The van der Waals surface area contributed by atoms with E-state index in [0.29, 0.717) is 17.6 Å². The highest BCUT2D eigenvalue weighted by molar-refractivity contribution is 5.85. The van der Waals surface area contributed by atoms with Crippen LogP contribution in [-0.2, 0) is 11.3 Å². The van der Waals surface area contributed by atoms with Gasteiger partial charge in [-0.15, -0.1) is 0 Å². The van der Waals surface area contributed by atoms with E-state index in [1.54, 1.807) is 0 Å². The van der Waals surface area contributed by atoms with E-state index in [9.17, 15) is 4.79 Å². The van der Waals surface area contributed by atoms with Crippen LogP contribution >= 0.6 is 0 Å². The second kappa shape index (κ2) is 5.33. The first-order valence-electron chi connectivity index (χ1n) is 7.87. The van der Waals surface area contributed by atoms with Gasteiger partial charge in [0.1, 0.15) is 5.78 Å². The van der Waals surface area contributed by atoms with Crippen LogP contribution in [0.25, 0.3) is 0 Å². The minimum absolute atomic E-state index is 0.0955. The fourth-order valence-electron chi connectivity index (χ4n) is 4.18. The maximum absolute atomic E-state index is 12.1. The summed E-state index contributed by atoms with van der Waals surface area (Å²) in [4.78, 5) is 14.7. The van der Waals surface area contributed by atoms with E-state index in [2.05, 4.69) is 49.1 Å². The lowest BCUT2D eigenvalue weighted by Crippen LogP contribution is -2.50. The Labute approximate surface area is 122 Å². The van der Waals surface area contributed by atoms with Gasteiger partial charge in [0, 0.05) is 24.9 Å². The van der Waals surface area contributed by atoms with E-state index in [1.807, 2.05) is 0 Å². The molecule has 0 bridgehead atoms. The van der Waals surface area contributed by atoms with Crippen LogP contribution < -0.4 is 0 Å². The summed E-state index contributed by atoms with van der Waals surface area (Å²) in [5, 5.41) is 0. The second-order valence-corrected chi connectivity index (χ2v) is 7.06. The van der Waals surface area contributed by atoms with E-state index in [0.717, 1.165) is 32.5 Å². The largest absolute Gasteiger partial charge is 0.299 e. The Morgan fingerprint density at radius 2 is 1.95 bits per heavy atom. The molecule has 1 aliphatic heterocycles. The molecular weight excluding hydrogens is 246 g/mol. The fourth-order valence-corrected chi connectivity index (χ4v) is 4.18. The van der Waals surface area contributed by atoms with Crippen LogP contribution in [0.5, 0.6) is 0 Å². The smallest absolute Gasteiger partial charge is 0.138 e. The van der Waals surface area contributed by atoms with Crippen LogP contribution in [0.1, 0.15) is 38.7 Å². The average molecular weight is 271 g/mol. The number of carbonyl (C=O) groups excluding carboxylic acids is 1. The molecule has 2 atom stereocenters. The number of ketones is 1. The highest BCUT2D eigenvalue weighted by atomic mass is 16.1. The zero-order valence-corrected chi connectivity index (χ0v) is 12.6. The maximum Gasteiger partial charge on any atom is 0.138 e. The normalized spacial score (nSPS) is 30.0. The molecule has 20 heavy (non-hydrogen) atoms. The third-order valence-electron chi connectivity index (χ3n) is 5.45. The summed E-state index contributed by atoms with van der Waals surface area (Å²) in [5.74, 6) is 1.78. The molecule has 1 aromatic carbocycles. The number of hydrogen-bond donors (Lipinski definition) is 0. The van der Waals surface area contributed by atoms with Crippen molar-refractivity contribution in [2.45, 2.75) is 39.7 Å². The number of fused-ring (bicyclic) bond motifs is 1. The van der Waals surface area contributed by atoms with Crippen molar-refractivity contribution < 1.29 is 4.79 Å². The van der Waals surface area contributed by atoms with Crippen molar-refractivity contribution in [2.75, 3.05) is 13.1 Å². The molecule has 1 heterocycles. The van der Waals surface area contributed by atoms with Gasteiger partial charge in [0.15, 0.2) is 0 Å². The monoisotopic (exact) mass is 271 g/mol. The van der Waals surface area contributed by atoms with Crippen LogP contribution in [0.3, 0.4) is 0 Å². The van der Waals surface area contributed by atoms with Gasteiger partial charge in [-0.1, -0.05) is 44.2 Å². The number of nitrogens with zero attached hydrogens (tertiary/aromatic N) is 1. The predicted molar refractivity (Wildman–Crippen MR) is 81.3 cm³/mol. The number of likely N-dealkylation sites (tertiary alicyclic amines) is 1. The van der Waals surface area contributed by atoms with E-state index in [4.69, 9.17) is 0 Å². The van der Waals surface area contributed by atoms with E-state index in [-0.39, 0.29) is 5.41 Å². The van der Waals surface area contributed by atoms with Crippen molar-refractivity contribution in [3.63, 3.8) is 0 Å². The molecule has 3 rings (SSSR count). The Morgan fingerprint density at radius 1 is 1.20 bits per heavy atom. The van der Waals surface area contributed by atoms with Crippen molar-refractivity contribution in [2.24, 2.45) is 17.3 Å². The fraction of sp³-hybridized carbons (Fsp3) is 0.611. The van der Waals surface area contributed by atoms with Gasteiger partial charge >= 0.3 is 0 Å². The molecule has 2 fully saturated rings. The van der Waals surface area contributed by atoms with E-state index >= 15 is 0 Å². The molecule has 0 N–H and O–H groups in total. The summed E-state index contributed by atoms with van der Waals surface area (Å²) < 4.78 is 0. The minimum Gasteiger partial charge on any atom is -0.299 e. The van der Waals surface area contributed by atoms with Gasteiger partial charge in [0.2, 0.25) is 0 Å². The van der Waals surface area contributed by atoms with Crippen molar-refractivity contribution in [1.82, 2.24) is 4.90 Å². The summed E-state index contributed by atoms with van der Waals surface area (Å²) in [6, 6.07) is 10.7. The molecule has 1 saturated carbocycles. The number of hydrogen-bond acceptors (Lipinski definition) is 2. The first-order valence-corrected chi connectivity index (χ1v) is 7.87. The first kappa shape index (κ1) is 13.8. The van der Waals surface area contributed by atoms with Gasteiger partial charge in [0.05, 0.1) is 0 Å². The minimum atomic E-state index is -0.0955. The standard InChI is InChI=1S/C18H25NO/c1-18(2)16-10-11-19(12-14-6-4-3-5-7-14)13-15(16)8-9-17(18)20/h3-7,15-16H,8-13H2,1-2H3/t15-,16-/m1/s1. The SMILES string of the molecule is CC1(C)C(=O)CC[C@@H]2CN(Cc3ccccc3)CC[C@H]21. The molecule has 0 spiro atoms. The van der Waals surface area contributed by atoms with Crippen LogP contribution in [0.4, 0.5) is 0 Å². The molecule has 0 radical (unpaired) electrons. The maximum atomic E-state index is 12.1. The summed E-state index contributed by atoms with van der Waals surface area (Å²) in [6.07, 6.45) is 3.06. The first-order chi connectivity index (χ1) is 9.57. The van der Waals surface area contributed by atoms with Crippen molar-refractivity contribution >= 4 is 5.78 Å². The zero-order valence-electron chi connectivity index (χ0n) is 12.6. The van der Waals surface area contributed by atoms with Gasteiger partial charge in [0.25, 0.3) is 0 Å². The molecule has 0 amide bonds. The third kappa shape index (κ3) is 2.54. The molecule has 2 heteroatoms. The predicted octanol–water partition coefficient (Wildman–Crippen LogP) is 3.51. The van der Waals surface area contributed by atoms with Crippen LogP contribution in [0, 0.1) is 17.3 Å². The second-order valence-electron chi connectivity index (χ2n) is 7.06. The molecule has 1 aliphatic carbocycles. The number of benzene rings is 1. The Morgan fingerprint density at radius 3 is 2.70 bits per heavy atom. The number of rotatable bonds is 2. The van der Waals surface area contributed by atoms with Gasteiger partial charge < -0.3 is 0 Å². The lowest BCUT2D eigenvalue weighted by Gasteiger charge is -2.48. The molecule has 2 nitrogen and oxygen atoms in total. The molecule has 1 aromatic rings. The van der Waals surface area contributed by atoms with Crippen LogP contribution in [0.15, 0.2) is 30.3 Å². The van der Waals surface area contributed by atoms with Gasteiger partial charge in [-0.25, -0.2) is 0 Å². The molecular formula is C18H25NO. The number of piperidine rings is 1. The zero-order chi connectivity index (χ0) is 14.2. The van der Waals surface area contributed by atoms with Crippen LogP contribution in [-0.4, -0.2) is 23.8 Å². The van der Waals surface area contributed by atoms with Crippen molar-refractivity contribution in [1.29, 1.82) is 0 Å². The molecule has 108 valence electrons. The van der Waals surface area contributed by atoms with Crippen molar-refractivity contribution in [3.8, 4) is 0 Å². The Balaban J connectivity index is 1.66. The number of Topliss-reactive ketones (excluding diaryl/α,β-unsaturated/α-hetero) is 1. The highest BCUT2D eigenvalue weighted by Gasteiger charge is 2.46. The lowest BCUT2D eigenvalue weighted by atomic mass is 9.60. The topological polar surface area (TPSA) is 20.3 Å². The molecule has 0 aromatic heterocycles. The van der Waals surface area contributed by atoms with E-state index < -0.39 is 0 Å². The van der Waals surface area contributed by atoms with Gasteiger partial charge in [-0.2, -0.15) is 0 Å². The van der Waals surface area contributed by atoms with E-state index in [1.165, 1.54) is 12.0 Å². The van der Waals surface area contributed by atoms with Gasteiger partial charge in [-0.3, -0.25) is 9.69 Å². The molecule has 0 unspecified atom stereocenters. The Kier molecular flexibility index (Phi) is 3.68. The van der Waals surface area contributed by atoms with Gasteiger partial charge in [-0.05, 0) is 36.8 Å².